The Labute approximate surface area is 188 Å². The van der Waals surface area contributed by atoms with E-state index in [4.69, 9.17) is 16.6 Å². The van der Waals surface area contributed by atoms with Gasteiger partial charge < -0.3 is 19.4 Å². The largest absolute Gasteiger partial charge is 0.356 e. The smallest absolute Gasteiger partial charge is 0.194 e. The monoisotopic (exact) mass is 525 g/mol. The lowest BCUT2D eigenvalue weighted by Crippen LogP contribution is -2.39. The summed E-state index contributed by atoms with van der Waals surface area (Å²) >= 11 is 7.95. The maximum absolute atomic E-state index is 6.10. The van der Waals surface area contributed by atoms with Gasteiger partial charge in [-0.15, -0.1) is 34.2 Å². The van der Waals surface area contributed by atoms with Crippen molar-refractivity contribution in [1.29, 1.82) is 0 Å². The van der Waals surface area contributed by atoms with Crippen molar-refractivity contribution in [2.75, 3.05) is 25.6 Å². The summed E-state index contributed by atoms with van der Waals surface area (Å²) < 4.78 is 4.00. The average Bonchev–Trinajstić information content (AvgIpc) is 3.08. The zero-order chi connectivity index (χ0) is 19.1. The number of nitrogens with one attached hydrogen (secondary N) is 1. The highest BCUT2D eigenvalue weighted by Gasteiger charge is 2.11. The molecule has 0 saturated carbocycles. The Balaban J connectivity index is 0.00000364. The van der Waals surface area contributed by atoms with Crippen molar-refractivity contribution in [3.05, 3.63) is 34.6 Å². The lowest BCUT2D eigenvalue weighted by atomic mass is 10.4. The van der Waals surface area contributed by atoms with Crippen molar-refractivity contribution in [3.8, 4) is 0 Å². The number of rotatable bonds is 8. The lowest BCUT2D eigenvalue weighted by Gasteiger charge is -2.23. The summed E-state index contributed by atoms with van der Waals surface area (Å²) in [5.41, 5.74) is 1.13. The maximum Gasteiger partial charge on any atom is 0.194 e. The highest BCUT2D eigenvalue weighted by Crippen LogP contribution is 2.14. The zero-order valence-electron chi connectivity index (χ0n) is 16.6. The van der Waals surface area contributed by atoms with Crippen LogP contribution in [-0.2, 0) is 27.2 Å². The van der Waals surface area contributed by atoms with Crippen LogP contribution in [0.5, 0.6) is 0 Å². The lowest BCUT2D eigenvalue weighted by molar-refractivity contribution is 0.459. The number of thioether (sulfide) groups is 1. The molecule has 0 spiro atoms. The maximum atomic E-state index is 6.10. The average molecular weight is 526 g/mol. The predicted molar refractivity (Wildman–Crippen MR) is 125 cm³/mol. The molecule has 0 aliphatic carbocycles. The molecule has 0 aromatic carbocycles. The molecule has 0 saturated heterocycles. The number of halogens is 2. The minimum atomic E-state index is 0. The second-order valence-corrected chi connectivity index (χ2v) is 7.67. The Kier molecular flexibility index (Phi) is 10.5. The van der Waals surface area contributed by atoms with Crippen molar-refractivity contribution >= 4 is 53.3 Å². The Hall–Kier alpha value is -0.940. The Bertz CT molecular complexity index is 744. The summed E-state index contributed by atoms with van der Waals surface area (Å²) in [6, 6.07) is 1.98. The van der Waals surface area contributed by atoms with Crippen molar-refractivity contribution in [3.63, 3.8) is 0 Å². The first-order valence-corrected chi connectivity index (χ1v) is 10.3. The van der Waals surface area contributed by atoms with Crippen LogP contribution in [0, 0.1) is 6.92 Å². The Morgan fingerprint density at radius 1 is 1.37 bits per heavy atom. The van der Waals surface area contributed by atoms with Gasteiger partial charge in [-0.1, -0.05) is 11.6 Å². The summed E-state index contributed by atoms with van der Waals surface area (Å²) in [5.74, 6) is 3.71. The van der Waals surface area contributed by atoms with Crippen LogP contribution in [0.2, 0.25) is 5.02 Å². The molecule has 7 nitrogen and oxygen atoms in total. The molecule has 27 heavy (non-hydrogen) atoms. The normalized spacial score (nSPS) is 11.4. The van der Waals surface area contributed by atoms with Gasteiger partial charge in [-0.2, -0.15) is 11.8 Å². The van der Waals surface area contributed by atoms with Crippen molar-refractivity contribution in [1.82, 2.24) is 29.5 Å². The van der Waals surface area contributed by atoms with Gasteiger partial charge >= 0.3 is 0 Å². The van der Waals surface area contributed by atoms with Gasteiger partial charge in [0.2, 0.25) is 0 Å². The molecule has 152 valence electrons. The van der Waals surface area contributed by atoms with Crippen molar-refractivity contribution < 1.29 is 0 Å². The third-order valence-electron chi connectivity index (χ3n) is 4.20. The number of guanidine groups is 1. The number of aliphatic imine (C=N–C) groups is 1. The van der Waals surface area contributed by atoms with E-state index in [0.717, 1.165) is 53.6 Å². The molecule has 0 amide bonds. The number of nitrogens with zero attached hydrogens (tertiary/aromatic N) is 6. The van der Waals surface area contributed by atoms with Gasteiger partial charge in [0.1, 0.15) is 12.4 Å². The van der Waals surface area contributed by atoms with Crippen LogP contribution in [0.15, 0.2) is 17.3 Å². The highest BCUT2D eigenvalue weighted by molar-refractivity contribution is 14.0. The fourth-order valence-corrected chi connectivity index (χ4v) is 3.21. The third-order valence-corrected chi connectivity index (χ3v) is 5.10. The van der Waals surface area contributed by atoms with E-state index >= 15 is 0 Å². The van der Waals surface area contributed by atoms with E-state index in [1.807, 2.05) is 61.2 Å². The summed E-state index contributed by atoms with van der Waals surface area (Å²) in [5, 5.41) is 12.5. The molecule has 0 aliphatic rings. The van der Waals surface area contributed by atoms with Crippen LogP contribution in [0.3, 0.4) is 0 Å². The number of aryl methyl sites for hydroxylation is 2. The molecule has 10 heteroatoms. The minimum Gasteiger partial charge on any atom is -0.356 e. The molecule has 2 aromatic heterocycles. The topological polar surface area (TPSA) is 63.3 Å². The van der Waals surface area contributed by atoms with E-state index < -0.39 is 0 Å². The second-order valence-electron chi connectivity index (χ2n) is 6.25. The molecule has 0 radical (unpaired) electrons. The van der Waals surface area contributed by atoms with Crippen LogP contribution < -0.4 is 5.32 Å². The Morgan fingerprint density at radius 2 is 2.11 bits per heavy atom. The van der Waals surface area contributed by atoms with Crippen molar-refractivity contribution in [2.24, 2.45) is 19.1 Å². The summed E-state index contributed by atoms with van der Waals surface area (Å²) in [7, 11) is 5.99. The number of aromatic nitrogens is 4. The molecule has 2 rings (SSSR count). The number of hydrogen-bond acceptors (Lipinski definition) is 4. The fourth-order valence-electron chi connectivity index (χ4n) is 2.50. The molecule has 0 unspecified atom stereocenters. The SMILES string of the molecule is CSCCCNC(=NCc1nnc(C)n1C)N(C)Cc1cc(Cl)cn1C.I. The molecule has 0 atom stereocenters. The molecule has 0 bridgehead atoms. The van der Waals surface area contributed by atoms with Gasteiger partial charge in [0.25, 0.3) is 0 Å². The summed E-state index contributed by atoms with van der Waals surface area (Å²) in [6.07, 6.45) is 5.12. The van der Waals surface area contributed by atoms with Gasteiger partial charge in [-0.25, -0.2) is 4.99 Å². The van der Waals surface area contributed by atoms with Crippen molar-refractivity contribution in [2.45, 2.75) is 26.4 Å². The van der Waals surface area contributed by atoms with E-state index in [-0.39, 0.29) is 24.0 Å². The molecular formula is C17H29ClIN7S. The molecule has 2 heterocycles. The van der Waals surface area contributed by atoms with E-state index in [1.165, 1.54) is 0 Å². The van der Waals surface area contributed by atoms with Gasteiger partial charge in [-0.05, 0) is 31.4 Å². The first kappa shape index (κ1) is 24.1. The van der Waals surface area contributed by atoms with Gasteiger partial charge in [0, 0.05) is 39.6 Å². The van der Waals surface area contributed by atoms with E-state index in [9.17, 15) is 0 Å². The minimum absolute atomic E-state index is 0. The van der Waals surface area contributed by atoms with Gasteiger partial charge in [0.15, 0.2) is 11.8 Å². The van der Waals surface area contributed by atoms with Gasteiger partial charge in [-0.3, -0.25) is 0 Å². The molecule has 2 aromatic rings. The molecular weight excluding hydrogens is 497 g/mol. The summed E-state index contributed by atoms with van der Waals surface area (Å²) in [4.78, 5) is 6.86. The van der Waals surface area contributed by atoms with Crippen LogP contribution in [0.25, 0.3) is 0 Å². The molecule has 0 aliphatic heterocycles. The highest BCUT2D eigenvalue weighted by atomic mass is 127. The van der Waals surface area contributed by atoms with Crippen LogP contribution in [-0.4, -0.2) is 55.8 Å². The fraction of sp³-hybridized carbons (Fsp3) is 0.588. The molecule has 0 fully saturated rings. The van der Waals surface area contributed by atoms with Crippen LogP contribution in [0.1, 0.15) is 23.8 Å². The Morgan fingerprint density at radius 3 is 2.67 bits per heavy atom. The summed E-state index contributed by atoms with van der Waals surface area (Å²) in [6.45, 7) is 4.03. The third kappa shape index (κ3) is 7.19. The van der Waals surface area contributed by atoms with Crippen LogP contribution in [0.4, 0.5) is 0 Å². The standard InChI is InChI=1S/C17H28ClN7S.HI/c1-13-21-22-16(25(13)4)10-20-17(19-7-6-8-26-5)24(3)12-15-9-14(18)11-23(15)2;/h9,11H,6-8,10,12H2,1-5H3,(H,19,20);1H. The zero-order valence-corrected chi connectivity index (χ0v) is 20.5. The predicted octanol–water partition coefficient (Wildman–Crippen LogP) is 3.06. The van der Waals surface area contributed by atoms with E-state index in [2.05, 4.69) is 26.7 Å². The number of hydrogen-bond donors (Lipinski definition) is 1. The first-order valence-electron chi connectivity index (χ1n) is 8.56. The van der Waals surface area contributed by atoms with E-state index in [0.29, 0.717) is 6.54 Å². The van der Waals surface area contributed by atoms with E-state index in [1.54, 1.807) is 0 Å². The van der Waals surface area contributed by atoms with Gasteiger partial charge in [0.05, 0.1) is 11.6 Å². The quantitative estimate of drug-likeness (QED) is 0.248. The first-order chi connectivity index (χ1) is 12.4. The molecule has 1 N–H and O–H groups in total. The van der Waals surface area contributed by atoms with Crippen LogP contribution >= 0.6 is 47.3 Å². The second kappa shape index (κ2) is 11.8.